The normalized spacial score (nSPS) is 14.0. The van der Waals surface area contributed by atoms with Crippen molar-refractivity contribution in [1.29, 1.82) is 0 Å². The van der Waals surface area contributed by atoms with Crippen molar-refractivity contribution >= 4 is 5.97 Å². The van der Waals surface area contributed by atoms with Crippen LogP contribution in [0.3, 0.4) is 0 Å². The number of H-pyrrole nitrogens is 1. The molecule has 1 fully saturated rings. The molecule has 0 bridgehead atoms. The van der Waals surface area contributed by atoms with Crippen molar-refractivity contribution < 1.29 is 14.6 Å². The number of aromatic nitrogens is 3. The first-order valence-corrected chi connectivity index (χ1v) is 6.47. The quantitative estimate of drug-likeness (QED) is 0.881. The Kier molecular flexibility index (Phi) is 3.17. The maximum Gasteiger partial charge on any atom is 0.354 e. The first-order valence-electron chi connectivity index (χ1n) is 6.47. The van der Waals surface area contributed by atoms with Gasteiger partial charge in [-0.1, -0.05) is 0 Å². The summed E-state index contributed by atoms with van der Waals surface area (Å²) >= 11 is 0. The number of methoxy groups -OCH3 is 1. The molecule has 2 N–H and O–H groups in total. The third-order valence-corrected chi connectivity index (χ3v) is 3.33. The molecule has 3 rings (SSSR count). The van der Waals surface area contributed by atoms with E-state index in [2.05, 4.69) is 15.0 Å². The number of rotatable bonds is 4. The highest BCUT2D eigenvalue weighted by Gasteiger charge is 2.25. The minimum Gasteiger partial charge on any atom is -0.494 e. The molecule has 7 heteroatoms. The van der Waals surface area contributed by atoms with E-state index < -0.39 is 11.5 Å². The number of hydrogen-bond acceptors (Lipinski definition) is 5. The van der Waals surface area contributed by atoms with Crippen LogP contribution < -0.4 is 10.3 Å². The summed E-state index contributed by atoms with van der Waals surface area (Å²) in [5, 5.41) is 8.97. The molecule has 2 aromatic rings. The van der Waals surface area contributed by atoms with Gasteiger partial charge in [0, 0.05) is 12.3 Å². The number of aromatic carboxylic acids is 1. The van der Waals surface area contributed by atoms with Crippen LogP contribution in [0.25, 0.3) is 11.5 Å². The molecular weight excluding hydrogens is 274 g/mol. The summed E-state index contributed by atoms with van der Waals surface area (Å²) in [5.41, 5.74) is 0.519. The van der Waals surface area contributed by atoms with Crippen LogP contribution in [0.15, 0.2) is 23.1 Å². The zero-order valence-electron chi connectivity index (χ0n) is 11.3. The number of carboxylic acids is 1. The Morgan fingerprint density at radius 1 is 1.43 bits per heavy atom. The Balaban J connectivity index is 2.11. The van der Waals surface area contributed by atoms with Gasteiger partial charge in [-0.25, -0.2) is 14.8 Å². The summed E-state index contributed by atoms with van der Waals surface area (Å²) in [5.74, 6) is -0.210. The highest BCUT2D eigenvalue weighted by molar-refractivity contribution is 5.85. The monoisotopic (exact) mass is 287 g/mol. The fourth-order valence-corrected chi connectivity index (χ4v) is 2.11. The molecule has 0 amide bonds. The van der Waals surface area contributed by atoms with Crippen LogP contribution in [0.1, 0.15) is 34.8 Å². The molecule has 7 nitrogen and oxygen atoms in total. The number of ether oxygens (including phenoxy) is 1. The van der Waals surface area contributed by atoms with Crippen LogP contribution in [0.5, 0.6) is 5.75 Å². The Labute approximate surface area is 119 Å². The van der Waals surface area contributed by atoms with Gasteiger partial charge < -0.3 is 14.8 Å². The van der Waals surface area contributed by atoms with Gasteiger partial charge in [-0.15, -0.1) is 0 Å². The molecule has 2 heterocycles. The summed E-state index contributed by atoms with van der Waals surface area (Å²) in [6, 6.07) is 2.78. The smallest absolute Gasteiger partial charge is 0.354 e. The lowest BCUT2D eigenvalue weighted by atomic mass is 10.1. The Morgan fingerprint density at radius 3 is 2.81 bits per heavy atom. The summed E-state index contributed by atoms with van der Waals surface area (Å²) in [4.78, 5) is 33.2. The molecule has 1 aliphatic carbocycles. The molecule has 1 aliphatic rings. The van der Waals surface area contributed by atoms with Crippen LogP contribution in [0.2, 0.25) is 0 Å². The summed E-state index contributed by atoms with van der Waals surface area (Å²) in [6.07, 6.45) is 3.98. The number of pyridine rings is 1. The lowest BCUT2D eigenvalue weighted by Crippen LogP contribution is -2.14. The second-order valence-electron chi connectivity index (χ2n) is 4.88. The predicted octanol–water partition coefficient (Wildman–Crippen LogP) is 1.42. The van der Waals surface area contributed by atoms with E-state index in [1.165, 1.54) is 7.11 Å². The molecule has 0 spiro atoms. The van der Waals surface area contributed by atoms with Gasteiger partial charge in [0.15, 0.2) is 11.5 Å². The topological polar surface area (TPSA) is 105 Å². The Morgan fingerprint density at radius 2 is 2.19 bits per heavy atom. The first kappa shape index (κ1) is 13.3. The number of nitrogens with one attached hydrogen (secondary N) is 1. The van der Waals surface area contributed by atoms with E-state index in [0.29, 0.717) is 17.4 Å². The predicted molar refractivity (Wildman–Crippen MR) is 73.6 cm³/mol. The van der Waals surface area contributed by atoms with Gasteiger partial charge in [-0.05, 0) is 30.4 Å². The highest BCUT2D eigenvalue weighted by Crippen LogP contribution is 2.41. The molecule has 0 radical (unpaired) electrons. The molecule has 0 aliphatic heterocycles. The molecular formula is C14H13N3O4. The molecule has 0 atom stereocenters. The molecule has 0 saturated heterocycles. The molecule has 21 heavy (non-hydrogen) atoms. The van der Waals surface area contributed by atoms with Crippen molar-refractivity contribution in [2.75, 3.05) is 7.11 Å². The molecule has 1 saturated carbocycles. The van der Waals surface area contributed by atoms with Gasteiger partial charge in [0.25, 0.3) is 5.56 Å². The van der Waals surface area contributed by atoms with E-state index in [1.54, 1.807) is 6.20 Å². The van der Waals surface area contributed by atoms with Crippen molar-refractivity contribution in [1.82, 2.24) is 15.0 Å². The first-order chi connectivity index (χ1) is 10.1. The van der Waals surface area contributed by atoms with Crippen molar-refractivity contribution in [3.8, 4) is 17.3 Å². The van der Waals surface area contributed by atoms with Gasteiger partial charge in [0.05, 0.1) is 7.11 Å². The van der Waals surface area contributed by atoms with Crippen LogP contribution in [-0.2, 0) is 0 Å². The zero-order valence-corrected chi connectivity index (χ0v) is 11.3. The van der Waals surface area contributed by atoms with Crippen molar-refractivity contribution in [3.05, 3.63) is 39.9 Å². The standard InChI is InChI=1S/C14H13N3O4/c1-21-10-4-8(7-2-3-7)6-15-12(10)13-16-9(14(19)20)5-11(18)17-13/h4-7H,2-3H2,1H3,(H,19,20)(H,16,17,18). The highest BCUT2D eigenvalue weighted by atomic mass is 16.5. The van der Waals surface area contributed by atoms with Crippen molar-refractivity contribution in [2.45, 2.75) is 18.8 Å². The van der Waals surface area contributed by atoms with Crippen LogP contribution >= 0.6 is 0 Å². The maximum absolute atomic E-state index is 11.5. The minimum atomic E-state index is -1.27. The lowest BCUT2D eigenvalue weighted by Gasteiger charge is -2.09. The largest absolute Gasteiger partial charge is 0.494 e. The third-order valence-electron chi connectivity index (χ3n) is 3.33. The second-order valence-corrected chi connectivity index (χ2v) is 4.88. The fraction of sp³-hybridized carbons (Fsp3) is 0.286. The minimum absolute atomic E-state index is 0.0825. The second kappa shape index (κ2) is 5.01. The number of nitrogens with zero attached hydrogens (tertiary/aromatic N) is 2. The fourth-order valence-electron chi connectivity index (χ4n) is 2.11. The van der Waals surface area contributed by atoms with Crippen molar-refractivity contribution in [3.63, 3.8) is 0 Å². The van der Waals surface area contributed by atoms with Gasteiger partial charge in [-0.3, -0.25) is 4.79 Å². The van der Waals surface area contributed by atoms with Gasteiger partial charge in [0.2, 0.25) is 0 Å². The van der Waals surface area contributed by atoms with E-state index in [-0.39, 0.29) is 11.5 Å². The average Bonchev–Trinajstić information content (AvgIpc) is 3.30. The van der Waals surface area contributed by atoms with E-state index in [1.807, 2.05) is 6.07 Å². The Bertz CT molecular complexity index is 765. The van der Waals surface area contributed by atoms with Crippen LogP contribution in [0.4, 0.5) is 0 Å². The van der Waals surface area contributed by atoms with Gasteiger partial charge >= 0.3 is 5.97 Å². The molecule has 0 unspecified atom stereocenters. The summed E-state index contributed by atoms with van der Waals surface area (Å²) in [7, 11) is 1.50. The van der Waals surface area contributed by atoms with Gasteiger partial charge in [-0.2, -0.15) is 0 Å². The number of hydrogen-bond donors (Lipinski definition) is 2. The van der Waals surface area contributed by atoms with E-state index in [9.17, 15) is 9.59 Å². The third kappa shape index (κ3) is 2.62. The summed E-state index contributed by atoms with van der Waals surface area (Å²) in [6.45, 7) is 0. The van der Waals surface area contributed by atoms with Crippen LogP contribution in [0, 0.1) is 0 Å². The SMILES string of the molecule is COc1cc(C2CC2)cnc1-c1nc(C(=O)O)cc(=O)[nH]1. The van der Waals surface area contributed by atoms with Gasteiger partial charge in [0.1, 0.15) is 11.4 Å². The lowest BCUT2D eigenvalue weighted by molar-refractivity contribution is 0.0690. The van der Waals surface area contributed by atoms with Crippen molar-refractivity contribution in [2.24, 2.45) is 0 Å². The Hall–Kier alpha value is -2.70. The average molecular weight is 287 g/mol. The number of carbonyl (C=O) groups is 1. The van der Waals surface area contributed by atoms with E-state index in [4.69, 9.17) is 9.84 Å². The molecule has 108 valence electrons. The molecule has 2 aromatic heterocycles. The maximum atomic E-state index is 11.5. The summed E-state index contributed by atoms with van der Waals surface area (Å²) < 4.78 is 5.29. The molecule has 0 aromatic carbocycles. The zero-order chi connectivity index (χ0) is 15.0. The number of aromatic amines is 1. The number of carboxylic acid groups (broad SMARTS) is 1. The van der Waals surface area contributed by atoms with E-state index in [0.717, 1.165) is 24.5 Å². The van der Waals surface area contributed by atoms with Crippen LogP contribution in [-0.4, -0.2) is 33.1 Å². The van der Waals surface area contributed by atoms with E-state index >= 15 is 0 Å².